The quantitative estimate of drug-likeness (QED) is 0.462. The van der Waals surface area contributed by atoms with Gasteiger partial charge < -0.3 is 29.6 Å². The van der Waals surface area contributed by atoms with Crippen LogP contribution in [0.4, 0.5) is 4.79 Å². The van der Waals surface area contributed by atoms with Crippen LogP contribution in [0.15, 0.2) is 0 Å². The third-order valence-electron chi connectivity index (χ3n) is 2.30. The molecule has 21 heavy (non-hydrogen) atoms. The Labute approximate surface area is 125 Å². The molecule has 0 aromatic rings. The van der Waals surface area contributed by atoms with Crippen LogP contribution in [0.1, 0.15) is 13.3 Å². The SMILES string of the molecule is CCC(=O)NCCOCCOCCOCCOC(=O)NC. The first-order valence-electron chi connectivity index (χ1n) is 7.05. The molecule has 0 bridgehead atoms. The molecule has 0 aliphatic carbocycles. The number of amides is 2. The van der Waals surface area contributed by atoms with E-state index in [4.69, 9.17) is 18.9 Å². The zero-order valence-corrected chi connectivity index (χ0v) is 12.8. The van der Waals surface area contributed by atoms with Gasteiger partial charge in [-0.25, -0.2) is 4.79 Å². The van der Waals surface area contributed by atoms with Crippen LogP contribution in [-0.2, 0) is 23.7 Å². The number of carbonyl (C=O) groups excluding carboxylic acids is 2. The summed E-state index contributed by atoms with van der Waals surface area (Å²) in [5, 5.41) is 5.05. The Morgan fingerprint density at radius 2 is 1.38 bits per heavy atom. The molecular weight excluding hydrogens is 280 g/mol. The lowest BCUT2D eigenvalue weighted by Crippen LogP contribution is -2.26. The second kappa shape index (κ2) is 15.0. The molecule has 0 spiro atoms. The lowest BCUT2D eigenvalue weighted by atomic mass is 10.4. The highest BCUT2D eigenvalue weighted by atomic mass is 16.6. The number of alkyl carbamates (subject to hydrolysis) is 1. The third-order valence-corrected chi connectivity index (χ3v) is 2.30. The Hall–Kier alpha value is -1.38. The molecule has 0 radical (unpaired) electrons. The van der Waals surface area contributed by atoms with Crippen LogP contribution in [-0.4, -0.2) is 71.8 Å². The van der Waals surface area contributed by atoms with Crippen LogP contribution in [0.5, 0.6) is 0 Å². The van der Waals surface area contributed by atoms with Crippen molar-refractivity contribution in [2.24, 2.45) is 0 Å². The molecule has 0 aromatic heterocycles. The highest BCUT2D eigenvalue weighted by molar-refractivity contribution is 5.75. The molecule has 0 rings (SSSR count). The van der Waals surface area contributed by atoms with Gasteiger partial charge in [0.1, 0.15) is 6.61 Å². The van der Waals surface area contributed by atoms with Crippen molar-refractivity contribution in [3.05, 3.63) is 0 Å². The van der Waals surface area contributed by atoms with Crippen molar-refractivity contribution >= 4 is 12.0 Å². The van der Waals surface area contributed by atoms with Gasteiger partial charge in [-0.15, -0.1) is 0 Å². The van der Waals surface area contributed by atoms with Crippen molar-refractivity contribution in [3.63, 3.8) is 0 Å². The van der Waals surface area contributed by atoms with E-state index in [0.29, 0.717) is 52.6 Å². The fourth-order valence-electron chi connectivity index (χ4n) is 1.19. The average Bonchev–Trinajstić information content (AvgIpc) is 2.51. The summed E-state index contributed by atoms with van der Waals surface area (Å²) in [5.74, 6) is 0.0207. The van der Waals surface area contributed by atoms with Crippen LogP contribution in [0.2, 0.25) is 0 Å². The lowest BCUT2D eigenvalue weighted by molar-refractivity contribution is -0.121. The Balaban J connectivity index is 3.06. The number of nitrogens with one attached hydrogen (secondary N) is 2. The molecule has 0 aliphatic heterocycles. The van der Waals surface area contributed by atoms with E-state index in [9.17, 15) is 9.59 Å². The summed E-state index contributed by atoms with van der Waals surface area (Å²) < 4.78 is 20.5. The fraction of sp³-hybridized carbons (Fsp3) is 0.846. The average molecular weight is 306 g/mol. The summed E-state index contributed by atoms with van der Waals surface area (Å²) >= 11 is 0. The highest BCUT2D eigenvalue weighted by Crippen LogP contribution is 1.83. The van der Waals surface area contributed by atoms with Crippen LogP contribution < -0.4 is 10.6 Å². The van der Waals surface area contributed by atoms with Crippen molar-refractivity contribution in [2.75, 3.05) is 59.8 Å². The Morgan fingerprint density at radius 3 is 1.90 bits per heavy atom. The molecule has 0 aliphatic rings. The summed E-state index contributed by atoms with van der Waals surface area (Å²) in [7, 11) is 1.50. The van der Waals surface area contributed by atoms with Gasteiger partial charge in [0, 0.05) is 20.0 Å². The lowest BCUT2D eigenvalue weighted by Gasteiger charge is -2.07. The summed E-state index contributed by atoms with van der Waals surface area (Å²) in [6, 6.07) is 0. The van der Waals surface area contributed by atoms with E-state index >= 15 is 0 Å². The fourth-order valence-corrected chi connectivity index (χ4v) is 1.19. The molecule has 8 nitrogen and oxygen atoms in total. The van der Waals surface area contributed by atoms with Gasteiger partial charge in [0.2, 0.25) is 5.91 Å². The van der Waals surface area contributed by atoms with Crippen molar-refractivity contribution in [1.82, 2.24) is 10.6 Å². The molecule has 0 fully saturated rings. The minimum absolute atomic E-state index is 0.0207. The molecule has 2 N–H and O–H groups in total. The largest absolute Gasteiger partial charge is 0.447 e. The molecule has 0 unspecified atom stereocenters. The third kappa shape index (κ3) is 14.8. The molecule has 0 aromatic carbocycles. The number of ether oxygens (including phenoxy) is 4. The standard InChI is InChI=1S/C13H26N2O6/c1-3-12(16)15-4-5-18-6-7-19-8-9-20-10-11-21-13(17)14-2/h3-11H2,1-2H3,(H,14,17)(H,15,16). The topological polar surface area (TPSA) is 95.1 Å². The number of hydrogen-bond donors (Lipinski definition) is 2. The maximum Gasteiger partial charge on any atom is 0.406 e. The monoisotopic (exact) mass is 306 g/mol. The maximum atomic E-state index is 10.9. The minimum atomic E-state index is -0.470. The van der Waals surface area contributed by atoms with E-state index < -0.39 is 6.09 Å². The maximum absolute atomic E-state index is 10.9. The summed E-state index contributed by atoms with van der Waals surface area (Å²) in [4.78, 5) is 21.6. The van der Waals surface area contributed by atoms with Crippen molar-refractivity contribution < 1.29 is 28.5 Å². The van der Waals surface area contributed by atoms with Crippen LogP contribution in [0.3, 0.4) is 0 Å². The van der Waals surface area contributed by atoms with Gasteiger partial charge in [0.15, 0.2) is 0 Å². The number of hydrogen-bond acceptors (Lipinski definition) is 6. The van der Waals surface area contributed by atoms with Crippen molar-refractivity contribution in [1.29, 1.82) is 0 Å². The summed E-state index contributed by atoms with van der Waals surface area (Å²) in [6.07, 6.45) is 0.0131. The van der Waals surface area contributed by atoms with Gasteiger partial charge in [-0.3, -0.25) is 4.79 Å². The van der Waals surface area contributed by atoms with Gasteiger partial charge in [-0.2, -0.15) is 0 Å². The molecule has 0 atom stereocenters. The van der Waals surface area contributed by atoms with Crippen molar-refractivity contribution in [3.8, 4) is 0 Å². The predicted molar refractivity (Wildman–Crippen MR) is 76.2 cm³/mol. The second-order valence-corrected chi connectivity index (χ2v) is 3.93. The van der Waals surface area contributed by atoms with Gasteiger partial charge in [0.05, 0.1) is 39.6 Å². The zero-order chi connectivity index (χ0) is 15.8. The molecule has 2 amide bonds. The minimum Gasteiger partial charge on any atom is -0.447 e. The van der Waals surface area contributed by atoms with E-state index in [1.807, 2.05) is 0 Å². The smallest absolute Gasteiger partial charge is 0.406 e. The van der Waals surface area contributed by atoms with E-state index in [1.165, 1.54) is 7.05 Å². The highest BCUT2D eigenvalue weighted by Gasteiger charge is 1.97. The van der Waals surface area contributed by atoms with Crippen LogP contribution in [0, 0.1) is 0 Å². The number of carbonyl (C=O) groups is 2. The van der Waals surface area contributed by atoms with Crippen molar-refractivity contribution in [2.45, 2.75) is 13.3 Å². The molecule has 0 saturated carbocycles. The van der Waals surface area contributed by atoms with E-state index in [-0.39, 0.29) is 12.5 Å². The normalized spacial score (nSPS) is 10.2. The van der Waals surface area contributed by atoms with E-state index in [1.54, 1.807) is 6.92 Å². The molecule has 0 heterocycles. The van der Waals surface area contributed by atoms with E-state index in [2.05, 4.69) is 10.6 Å². The van der Waals surface area contributed by atoms with Gasteiger partial charge >= 0.3 is 6.09 Å². The van der Waals surface area contributed by atoms with Crippen LogP contribution >= 0.6 is 0 Å². The molecule has 0 saturated heterocycles. The van der Waals surface area contributed by atoms with Gasteiger partial charge in [0.25, 0.3) is 0 Å². The molecule has 8 heteroatoms. The first-order valence-corrected chi connectivity index (χ1v) is 7.05. The summed E-state index contributed by atoms with van der Waals surface area (Å²) in [6.45, 7) is 5.18. The predicted octanol–water partition coefficient (Wildman–Crippen LogP) is -0.0816. The van der Waals surface area contributed by atoms with Crippen LogP contribution in [0.25, 0.3) is 0 Å². The molecular formula is C13H26N2O6. The van der Waals surface area contributed by atoms with Gasteiger partial charge in [-0.05, 0) is 0 Å². The Kier molecular flexibility index (Phi) is 14.0. The molecule has 124 valence electrons. The van der Waals surface area contributed by atoms with E-state index in [0.717, 1.165) is 0 Å². The van der Waals surface area contributed by atoms with Gasteiger partial charge in [-0.1, -0.05) is 6.92 Å². The first-order chi connectivity index (χ1) is 10.2. The Bertz CT molecular complexity index is 249. The summed E-state index contributed by atoms with van der Waals surface area (Å²) in [5.41, 5.74) is 0. The first kappa shape index (κ1) is 19.6. The Morgan fingerprint density at radius 1 is 0.857 bits per heavy atom. The zero-order valence-electron chi connectivity index (χ0n) is 12.8. The number of rotatable bonds is 13. The second-order valence-electron chi connectivity index (χ2n) is 3.93.